The van der Waals surface area contributed by atoms with Crippen molar-refractivity contribution in [1.29, 1.82) is 0 Å². The zero-order valence-electron chi connectivity index (χ0n) is 12.3. The molecule has 1 saturated carbocycles. The minimum absolute atomic E-state index is 0.0689. The second-order valence-electron chi connectivity index (χ2n) is 6.00. The minimum Gasteiger partial charge on any atom is -0.341 e. The lowest BCUT2D eigenvalue weighted by atomic mass is 10.0. The van der Waals surface area contributed by atoms with Gasteiger partial charge in [0.25, 0.3) is 5.92 Å². The number of carbonyl (C=O) groups excluding carboxylic acids is 2. The van der Waals surface area contributed by atoms with Crippen molar-refractivity contribution in [1.82, 2.24) is 10.2 Å². The van der Waals surface area contributed by atoms with Gasteiger partial charge >= 0.3 is 0 Å². The van der Waals surface area contributed by atoms with Gasteiger partial charge in [0.15, 0.2) is 0 Å². The Kier molecular flexibility index (Phi) is 3.62. The van der Waals surface area contributed by atoms with Gasteiger partial charge in [-0.2, -0.15) is 0 Å². The predicted octanol–water partition coefficient (Wildman–Crippen LogP) is 1.98. The van der Waals surface area contributed by atoms with Crippen molar-refractivity contribution < 1.29 is 18.4 Å². The summed E-state index contributed by atoms with van der Waals surface area (Å²) in [6.45, 7) is 1.72. The molecule has 1 aliphatic heterocycles. The zero-order valence-corrected chi connectivity index (χ0v) is 12.3. The minimum atomic E-state index is -2.63. The van der Waals surface area contributed by atoms with E-state index in [1.165, 1.54) is 11.8 Å². The lowest BCUT2D eigenvalue weighted by Crippen LogP contribution is -2.45. The third kappa shape index (κ3) is 2.58. The van der Waals surface area contributed by atoms with Gasteiger partial charge in [0, 0.05) is 31.8 Å². The summed E-state index contributed by atoms with van der Waals surface area (Å²) in [6, 6.07) is 8.04. The SMILES string of the molecule is CC(=O)NC(C(=O)N1CCC2C(C1)C2(F)F)c1ccccc1. The number of alkyl halides is 2. The molecule has 3 rings (SSSR count). The van der Waals surface area contributed by atoms with Crippen LogP contribution >= 0.6 is 0 Å². The Hall–Kier alpha value is -1.98. The van der Waals surface area contributed by atoms with Crippen molar-refractivity contribution in [2.24, 2.45) is 11.8 Å². The van der Waals surface area contributed by atoms with Crippen LogP contribution < -0.4 is 5.32 Å². The van der Waals surface area contributed by atoms with Gasteiger partial charge in [0.2, 0.25) is 11.8 Å². The lowest BCUT2D eigenvalue weighted by molar-refractivity contribution is -0.137. The lowest BCUT2D eigenvalue weighted by Gasteiger charge is -2.30. The number of nitrogens with zero attached hydrogens (tertiary/aromatic N) is 1. The summed E-state index contributed by atoms with van der Waals surface area (Å²) in [5.74, 6) is -4.58. The summed E-state index contributed by atoms with van der Waals surface area (Å²) in [6.07, 6.45) is 0.324. The molecule has 22 heavy (non-hydrogen) atoms. The third-order valence-electron chi connectivity index (χ3n) is 4.53. The van der Waals surface area contributed by atoms with Crippen molar-refractivity contribution in [3.05, 3.63) is 35.9 Å². The Morgan fingerprint density at radius 1 is 1.27 bits per heavy atom. The molecule has 1 saturated heterocycles. The summed E-state index contributed by atoms with van der Waals surface area (Å²) < 4.78 is 26.9. The van der Waals surface area contributed by atoms with Gasteiger partial charge in [-0.05, 0) is 12.0 Å². The van der Waals surface area contributed by atoms with Crippen LogP contribution in [0.4, 0.5) is 8.78 Å². The monoisotopic (exact) mass is 308 g/mol. The normalized spacial score (nSPS) is 26.8. The Balaban J connectivity index is 1.77. The average molecular weight is 308 g/mol. The van der Waals surface area contributed by atoms with Crippen LogP contribution in [-0.4, -0.2) is 35.7 Å². The molecular weight excluding hydrogens is 290 g/mol. The summed E-state index contributed by atoms with van der Waals surface area (Å²) in [5.41, 5.74) is 0.660. The Morgan fingerprint density at radius 2 is 1.95 bits per heavy atom. The third-order valence-corrected chi connectivity index (χ3v) is 4.53. The number of rotatable bonds is 3. The van der Waals surface area contributed by atoms with Gasteiger partial charge in [0.1, 0.15) is 6.04 Å². The molecule has 2 fully saturated rings. The number of fused-ring (bicyclic) bond motifs is 1. The number of hydrogen-bond donors (Lipinski definition) is 1. The number of halogens is 2. The first-order valence-corrected chi connectivity index (χ1v) is 7.40. The van der Waals surface area contributed by atoms with E-state index in [1.54, 1.807) is 24.3 Å². The van der Waals surface area contributed by atoms with Crippen LogP contribution in [0.3, 0.4) is 0 Å². The van der Waals surface area contributed by atoms with E-state index in [0.29, 0.717) is 18.5 Å². The topological polar surface area (TPSA) is 49.4 Å². The van der Waals surface area contributed by atoms with Crippen molar-refractivity contribution in [2.45, 2.75) is 25.3 Å². The van der Waals surface area contributed by atoms with Crippen LogP contribution in [0, 0.1) is 11.8 Å². The molecule has 2 amide bonds. The molecule has 0 spiro atoms. The first-order valence-electron chi connectivity index (χ1n) is 7.40. The maximum absolute atomic E-state index is 13.5. The van der Waals surface area contributed by atoms with Crippen molar-refractivity contribution in [3.63, 3.8) is 0 Å². The summed E-state index contributed by atoms with van der Waals surface area (Å²) >= 11 is 0. The number of hydrogen-bond acceptors (Lipinski definition) is 2. The molecule has 3 atom stereocenters. The van der Waals surface area contributed by atoms with Crippen molar-refractivity contribution >= 4 is 11.8 Å². The van der Waals surface area contributed by atoms with Gasteiger partial charge in [-0.1, -0.05) is 30.3 Å². The molecule has 3 unspecified atom stereocenters. The highest BCUT2D eigenvalue weighted by molar-refractivity contribution is 5.88. The standard InChI is InChI=1S/C16H18F2N2O2/c1-10(21)19-14(11-5-3-2-4-6-11)15(22)20-8-7-12-13(9-20)16(12,17)18/h2-6,12-14H,7-9H2,1H3,(H,19,21). The smallest absolute Gasteiger partial charge is 0.256 e. The number of likely N-dealkylation sites (tertiary alicyclic amines) is 1. The number of benzene rings is 1. The van der Waals surface area contributed by atoms with Gasteiger partial charge in [-0.15, -0.1) is 0 Å². The summed E-state index contributed by atoms with van der Waals surface area (Å²) in [5, 5.41) is 2.62. The molecule has 1 heterocycles. The molecule has 2 aliphatic rings. The molecule has 1 aromatic carbocycles. The second-order valence-corrected chi connectivity index (χ2v) is 6.00. The number of nitrogens with one attached hydrogen (secondary N) is 1. The van der Waals surface area contributed by atoms with Gasteiger partial charge < -0.3 is 10.2 Å². The quantitative estimate of drug-likeness (QED) is 0.928. The van der Waals surface area contributed by atoms with Crippen LogP contribution in [0.2, 0.25) is 0 Å². The Labute approximate surface area is 127 Å². The maximum Gasteiger partial charge on any atom is 0.256 e. The Morgan fingerprint density at radius 3 is 2.55 bits per heavy atom. The van der Waals surface area contributed by atoms with E-state index in [-0.39, 0.29) is 18.4 Å². The molecule has 1 N–H and O–H groups in total. The van der Waals surface area contributed by atoms with Gasteiger partial charge in [0.05, 0.1) is 0 Å². The van der Waals surface area contributed by atoms with E-state index in [2.05, 4.69) is 5.32 Å². The fraction of sp³-hybridized carbons (Fsp3) is 0.500. The van der Waals surface area contributed by atoms with E-state index in [0.717, 1.165) is 0 Å². The fourth-order valence-corrected chi connectivity index (χ4v) is 3.25. The summed E-state index contributed by atoms with van der Waals surface area (Å²) in [4.78, 5) is 25.5. The number of piperidine rings is 1. The molecule has 0 aromatic heterocycles. The van der Waals surface area contributed by atoms with Gasteiger partial charge in [-0.25, -0.2) is 8.78 Å². The highest BCUT2D eigenvalue weighted by Gasteiger charge is 2.69. The fourth-order valence-electron chi connectivity index (χ4n) is 3.25. The molecule has 6 heteroatoms. The molecule has 1 aromatic rings. The highest BCUT2D eigenvalue weighted by Crippen LogP contribution is 2.59. The van der Waals surface area contributed by atoms with Crippen molar-refractivity contribution in [2.75, 3.05) is 13.1 Å². The second kappa shape index (κ2) is 5.34. The van der Waals surface area contributed by atoms with Crippen molar-refractivity contribution in [3.8, 4) is 0 Å². The van der Waals surface area contributed by atoms with Crippen LogP contribution in [0.1, 0.15) is 24.9 Å². The van der Waals surface area contributed by atoms with E-state index in [9.17, 15) is 18.4 Å². The molecule has 118 valence electrons. The average Bonchev–Trinajstić information content (AvgIpc) is 3.06. The number of amides is 2. The molecule has 0 bridgehead atoms. The molecule has 1 aliphatic carbocycles. The molecule has 4 nitrogen and oxygen atoms in total. The van der Waals surface area contributed by atoms with Crippen LogP contribution in [0.25, 0.3) is 0 Å². The first-order chi connectivity index (χ1) is 10.4. The van der Waals surface area contributed by atoms with E-state index in [1.807, 2.05) is 6.07 Å². The molecule has 0 radical (unpaired) electrons. The van der Waals surface area contributed by atoms with E-state index in [4.69, 9.17) is 0 Å². The summed E-state index contributed by atoms with van der Waals surface area (Å²) in [7, 11) is 0. The largest absolute Gasteiger partial charge is 0.341 e. The Bertz CT molecular complexity index is 591. The van der Waals surface area contributed by atoms with E-state index >= 15 is 0 Å². The molecular formula is C16H18F2N2O2. The maximum atomic E-state index is 13.5. The van der Waals surface area contributed by atoms with Crippen LogP contribution in [0.15, 0.2) is 30.3 Å². The highest BCUT2D eigenvalue weighted by atomic mass is 19.3. The number of carbonyl (C=O) groups is 2. The van der Waals surface area contributed by atoms with E-state index < -0.39 is 23.8 Å². The van der Waals surface area contributed by atoms with Crippen LogP contribution in [0.5, 0.6) is 0 Å². The first kappa shape index (κ1) is 14.9. The van der Waals surface area contributed by atoms with Gasteiger partial charge in [-0.3, -0.25) is 9.59 Å². The zero-order chi connectivity index (χ0) is 15.9. The predicted molar refractivity (Wildman–Crippen MR) is 76.1 cm³/mol. The van der Waals surface area contributed by atoms with Crippen LogP contribution in [-0.2, 0) is 9.59 Å².